The molecule has 2 aliphatic rings. The lowest BCUT2D eigenvalue weighted by Crippen LogP contribution is -2.48. The van der Waals surface area contributed by atoms with Gasteiger partial charge in [-0.2, -0.15) is 0 Å². The molecule has 0 aromatic heterocycles. The Bertz CT molecular complexity index is 865. The van der Waals surface area contributed by atoms with Crippen LogP contribution in [-0.4, -0.2) is 80.3 Å². The molecule has 1 saturated heterocycles. The number of aliphatic hydroxyl groups is 1. The van der Waals surface area contributed by atoms with E-state index < -0.39 is 6.10 Å². The lowest BCUT2D eigenvalue weighted by molar-refractivity contribution is -0.000440. The van der Waals surface area contributed by atoms with E-state index in [1.165, 1.54) is 11.1 Å². The smallest absolute Gasteiger partial charge is 0.231 e. The molecule has 2 aliphatic heterocycles. The van der Waals surface area contributed by atoms with Crippen molar-refractivity contribution < 1.29 is 24.1 Å². The molecule has 1 fully saturated rings. The fourth-order valence-corrected chi connectivity index (χ4v) is 4.16. The van der Waals surface area contributed by atoms with Crippen molar-refractivity contribution in [2.24, 2.45) is 0 Å². The molecule has 0 saturated carbocycles. The average Bonchev–Trinajstić information content (AvgIpc) is 3.28. The van der Waals surface area contributed by atoms with E-state index in [1.54, 1.807) is 0 Å². The number of benzene rings is 2. The van der Waals surface area contributed by atoms with Crippen LogP contribution in [0.4, 0.5) is 0 Å². The van der Waals surface area contributed by atoms with Crippen molar-refractivity contribution in [2.75, 3.05) is 59.3 Å². The lowest BCUT2D eigenvalue weighted by atomic mass is 10.0. The van der Waals surface area contributed by atoms with Crippen LogP contribution in [0, 0.1) is 0 Å². The summed E-state index contributed by atoms with van der Waals surface area (Å²) in [5.74, 6) is 3.03. The van der Waals surface area contributed by atoms with Gasteiger partial charge in [-0.3, -0.25) is 9.80 Å². The topological polar surface area (TPSA) is 63.6 Å². The number of fused-ring (bicyclic) bond motifs is 1. The van der Waals surface area contributed by atoms with Gasteiger partial charge in [-0.15, -0.1) is 0 Å². The molecule has 0 spiro atoms. The summed E-state index contributed by atoms with van der Waals surface area (Å²) in [6.07, 6.45) is -0.490. The van der Waals surface area contributed by atoms with E-state index in [4.69, 9.17) is 18.9 Å². The Morgan fingerprint density at radius 2 is 1.64 bits per heavy atom. The molecule has 1 N–H and O–H groups in total. The van der Waals surface area contributed by atoms with Gasteiger partial charge in [0.2, 0.25) is 6.79 Å². The van der Waals surface area contributed by atoms with Gasteiger partial charge in [-0.25, -0.2) is 0 Å². The Kier molecular flexibility index (Phi) is 8.45. The van der Waals surface area contributed by atoms with Crippen LogP contribution in [0.25, 0.3) is 0 Å². The molecule has 0 radical (unpaired) electrons. The van der Waals surface area contributed by atoms with Gasteiger partial charge in [-0.05, 0) is 41.3 Å². The zero-order valence-electron chi connectivity index (χ0n) is 19.7. The number of β-amino-alcohol motifs (C(OH)–C–C–N with tert-alkyl or cyclic N) is 1. The van der Waals surface area contributed by atoms with Gasteiger partial charge in [-0.1, -0.05) is 32.0 Å². The van der Waals surface area contributed by atoms with E-state index in [0.717, 1.165) is 50.0 Å². The van der Waals surface area contributed by atoms with Crippen LogP contribution in [0.15, 0.2) is 42.5 Å². The number of ether oxygens (including phenoxy) is 4. The maximum Gasteiger partial charge on any atom is 0.231 e. The van der Waals surface area contributed by atoms with Gasteiger partial charge in [0.1, 0.15) is 12.4 Å². The Balaban J connectivity index is 1.07. The molecular weight excluding hydrogens is 420 g/mol. The minimum Gasteiger partial charge on any atom is -0.491 e. The van der Waals surface area contributed by atoms with Gasteiger partial charge in [0, 0.05) is 39.3 Å². The largest absolute Gasteiger partial charge is 0.491 e. The fourth-order valence-electron chi connectivity index (χ4n) is 4.16. The monoisotopic (exact) mass is 456 g/mol. The quantitative estimate of drug-likeness (QED) is 0.521. The lowest BCUT2D eigenvalue weighted by Gasteiger charge is -2.35. The minimum absolute atomic E-state index is 0.308. The molecule has 1 atom stereocenters. The van der Waals surface area contributed by atoms with Crippen molar-refractivity contribution in [1.82, 2.24) is 9.80 Å². The normalized spacial score (nSPS) is 17.5. The predicted octanol–water partition coefficient (Wildman–Crippen LogP) is 3.11. The molecule has 2 aromatic rings. The number of rotatable bonds is 11. The molecule has 0 bridgehead atoms. The van der Waals surface area contributed by atoms with E-state index in [-0.39, 0.29) is 0 Å². The first kappa shape index (κ1) is 23.8. The number of hydrogen-bond acceptors (Lipinski definition) is 7. The summed E-state index contributed by atoms with van der Waals surface area (Å²) in [5.41, 5.74) is 2.54. The second-order valence-electron chi connectivity index (χ2n) is 9.07. The van der Waals surface area contributed by atoms with E-state index in [9.17, 15) is 5.11 Å². The first-order valence-corrected chi connectivity index (χ1v) is 11.9. The van der Waals surface area contributed by atoms with Crippen LogP contribution in [0.2, 0.25) is 0 Å². The third-order valence-corrected chi connectivity index (χ3v) is 6.13. The highest BCUT2D eigenvalue weighted by molar-refractivity contribution is 5.44. The Hall–Kier alpha value is -2.32. The molecule has 0 amide bonds. The molecule has 4 rings (SSSR count). The third kappa shape index (κ3) is 7.08. The van der Waals surface area contributed by atoms with Crippen LogP contribution in [0.1, 0.15) is 30.9 Å². The van der Waals surface area contributed by atoms with Crippen LogP contribution in [0.3, 0.4) is 0 Å². The molecule has 7 heteroatoms. The average molecular weight is 457 g/mol. The van der Waals surface area contributed by atoms with E-state index in [2.05, 4.69) is 47.9 Å². The second kappa shape index (κ2) is 11.7. The summed E-state index contributed by atoms with van der Waals surface area (Å²) in [6.45, 7) is 11.3. The summed E-state index contributed by atoms with van der Waals surface area (Å²) in [4.78, 5) is 4.74. The van der Waals surface area contributed by atoms with Crippen molar-refractivity contribution in [2.45, 2.75) is 32.4 Å². The standard InChI is InChI=1S/C26H36N2O5/c1-20(2)22-4-6-24(7-5-22)31-14-13-30-18-23(29)17-28-11-9-27(10-12-28)16-21-3-8-25-26(15-21)33-19-32-25/h3-8,15,20,23,29H,9-14,16-19H2,1-2H3/t23-/m0/s1. The molecule has 0 aliphatic carbocycles. The van der Waals surface area contributed by atoms with Crippen molar-refractivity contribution in [3.05, 3.63) is 53.6 Å². The van der Waals surface area contributed by atoms with Gasteiger partial charge in [0.05, 0.1) is 19.3 Å². The predicted molar refractivity (Wildman–Crippen MR) is 127 cm³/mol. The Morgan fingerprint density at radius 1 is 0.909 bits per heavy atom. The molecule has 2 heterocycles. The van der Waals surface area contributed by atoms with Crippen LogP contribution >= 0.6 is 0 Å². The SMILES string of the molecule is CC(C)c1ccc(OCCOC[C@@H](O)CN2CCN(Cc3ccc4c(c3)OCO4)CC2)cc1. The molecular formula is C26H36N2O5. The number of nitrogens with zero attached hydrogens (tertiary/aromatic N) is 2. The number of piperazine rings is 1. The van der Waals surface area contributed by atoms with Gasteiger partial charge < -0.3 is 24.1 Å². The third-order valence-electron chi connectivity index (χ3n) is 6.13. The summed E-state index contributed by atoms with van der Waals surface area (Å²) < 4.78 is 22.2. The van der Waals surface area contributed by atoms with Crippen molar-refractivity contribution in [1.29, 1.82) is 0 Å². The highest BCUT2D eigenvalue weighted by Crippen LogP contribution is 2.32. The van der Waals surface area contributed by atoms with Crippen molar-refractivity contribution in [3.63, 3.8) is 0 Å². The van der Waals surface area contributed by atoms with Gasteiger partial charge >= 0.3 is 0 Å². The first-order valence-electron chi connectivity index (χ1n) is 11.9. The molecule has 33 heavy (non-hydrogen) atoms. The van der Waals surface area contributed by atoms with Crippen LogP contribution in [0.5, 0.6) is 17.2 Å². The Labute approximate surface area is 196 Å². The summed E-state index contributed by atoms with van der Waals surface area (Å²) >= 11 is 0. The zero-order valence-corrected chi connectivity index (χ0v) is 19.7. The first-order chi connectivity index (χ1) is 16.1. The maximum atomic E-state index is 10.3. The fraction of sp³-hybridized carbons (Fsp3) is 0.538. The summed E-state index contributed by atoms with van der Waals surface area (Å²) in [7, 11) is 0. The van der Waals surface area contributed by atoms with E-state index in [0.29, 0.717) is 39.1 Å². The van der Waals surface area contributed by atoms with Crippen LogP contribution in [-0.2, 0) is 11.3 Å². The van der Waals surface area contributed by atoms with Crippen LogP contribution < -0.4 is 14.2 Å². The Morgan fingerprint density at radius 3 is 2.39 bits per heavy atom. The van der Waals surface area contributed by atoms with Crippen molar-refractivity contribution >= 4 is 0 Å². The van der Waals surface area contributed by atoms with Gasteiger partial charge in [0.25, 0.3) is 0 Å². The molecule has 180 valence electrons. The summed E-state index contributed by atoms with van der Waals surface area (Å²) in [6, 6.07) is 14.3. The molecule has 0 unspecified atom stereocenters. The van der Waals surface area contributed by atoms with Gasteiger partial charge in [0.15, 0.2) is 11.5 Å². The van der Waals surface area contributed by atoms with Crippen molar-refractivity contribution in [3.8, 4) is 17.2 Å². The summed E-state index contributed by atoms with van der Waals surface area (Å²) in [5, 5.41) is 10.3. The van der Waals surface area contributed by atoms with E-state index in [1.807, 2.05) is 18.2 Å². The molecule has 7 nitrogen and oxygen atoms in total. The highest BCUT2D eigenvalue weighted by atomic mass is 16.7. The highest BCUT2D eigenvalue weighted by Gasteiger charge is 2.20. The second-order valence-corrected chi connectivity index (χ2v) is 9.07. The maximum absolute atomic E-state index is 10.3. The molecule has 2 aromatic carbocycles. The number of aliphatic hydroxyl groups excluding tert-OH is 1. The zero-order chi connectivity index (χ0) is 23.0. The number of hydrogen-bond donors (Lipinski definition) is 1. The van der Waals surface area contributed by atoms with E-state index >= 15 is 0 Å². The minimum atomic E-state index is -0.490.